The number of anilines is 1. The van der Waals surface area contributed by atoms with Crippen molar-refractivity contribution < 1.29 is 4.74 Å². The number of aryl methyl sites for hydroxylation is 2. The molecule has 1 atom stereocenters. The van der Waals surface area contributed by atoms with Gasteiger partial charge in [0, 0.05) is 25.0 Å². The van der Waals surface area contributed by atoms with Crippen molar-refractivity contribution in [1.82, 2.24) is 14.5 Å². The maximum atomic E-state index is 5.13. The van der Waals surface area contributed by atoms with Gasteiger partial charge in [-0.1, -0.05) is 0 Å². The van der Waals surface area contributed by atoms with E-state index in [1.54, 1.807) is 7.11 Å². The molecule has 102 valence electrons. The fourth-order valence-corrected chi connectivity index (χ4v) is 1.91. The molecular formula is C14H20N4O. The molecule has 5 heteroatoms. The van der Waals surface area contributed by atoms with Crippen molar-refractivity contribution >= 4 is 5.95 Å². The largest absolute Gasteiger partial charge is 0.383 e. The fourth-order valence-electron chi connectivity index (χ4n) is 1.91. The Kier molecular flexibility index (Phi) is 4.16. The lowest BCUT2D eigenvalue weighted by atomic mass is 10.3. The number of aromatic nitrogens is 3. The molecule has 0 bridgehead atoms. The highest BCUT2D eigenvalue weighted by Gasteiger charge is 2.10. The number of pyridine rings is 1. The Morgan fingerprint density at radius 3 is 2.74 bits per heavy atom. The molecule has 2 aromatic heterocycles. The fraction of sp³-hybridized carbons (Fsp3) is 0.429. The summed E-state index contributed by atoms with van der Waals surface area (Å²) in [6.07, 6.45) is 3.84. The second kappa shape index (κ2) is 5.84. The number of hydrogen-bond donors (Lipinski definition) is 1. The minimum absolute atomic E-state index is 0.198. The standard InChI is InChI=1S/C14H20N4O/c1-10-5-6-13(7-15-10)18-8-11(2)16-14(18)17-12(3)9-19-4/h5-8,12H,9H2,1-4H3,(H,16,17). The van der Waals surface area contributed by atoms with Crippen LogP contribution < -0.4 is 5.32 Å². The van der Waals surface area contributed by atoms with Gasteiger partial charge in [0.15, 0.2) is 0 Å². The summed E-state index contributed by atoms with van der Waals surface area (Å²) in [5.41, 5.74) is 2.97. The lowest BCUT2D eigenvalue weighted by Gasteiger charge is -2.15. The second-order valence-electron chi connectivity index (χ2n) is 4.73. The van der Waals surface area contributed by atoms with Crippen LogP contribution in [0.1, 0.15) is 18.3 Å². The van der Waals surface area contributed by atoms with Gasteiger partial charge in [0.1, 0.15) is 0 Å². The van der Waals surface area contributed by atoms with E-state index in [0.717, 1.165) is 23.0 Å². The molecule has 0 spiro atoms. The van der Waals surface area contributed by atoms with Crippen molar-refractivity contribution in [3.63, 3.8) is 0 Å². The van der Waals surface area contributed by atoms with Crippen LogP contribution in [0, 0.1) is 13.8 Å². The number of hydrogen-bond acceptors (Lipinski definition) is 4. The molecule has 0 saturated carbocycles. The first kappa shape index (κ1) is 13.5. The molecule has 0 amide bonds. The van der Waals surface area contributed by atoms with E-state index in [0.29, 0.717) is 6.61 Å². The molecule has 0 fully saturated rings. The summed E-state index contributed by atoms with van der Waals surface area (Å²) >= 11 is 0. The molecule has 0 aliphatic carbocycles. The van der Waals surface area contributed by atoms with Gasteiger partial charge >= 0.3 is 0 Å². The smallest absolute Gasteiger partial charge is 0.208 e. The van der Waals surface area contributed by atoms with E-state index in [1.165, 1.54) is 0 Å². The maximum absolute atomic E-state index is 5.13. The third kappa shape index (κ3) is 3.32. The topological polar surface area (TPSA) is 52.0 Å². The zero-order chi connectivity index (χ0) is 13.8. The van der Waals surface area contributed by atoms with Crippen LogP contribution in [0.2, 0.25) is 0 Å². The number of ether oxygens (including phenoxy) is 1. The van der Waals surface area contributed by atoms with E-state index in [4.69, 9.17) is 4.74 Å². The normalized spacial score (nSPS) is 12.4. The Morgan fingerprint density at radius 2 is 2.11 bits per heavy atom. The molecule has 0 aliphatic rings. The predicted molar refractivity (Wildman–Crippen MR) is 75.8 cm³/mol. The van der Waals surface area contributed by atoms with E-state index < -0.39 is 0 Å². The van der Waals surface area contributed by atoms with Gasteiger partial charge < -0.3 is 10.1 Å². The van der Waals surface area contributed by atoms with Crippen molar-refractivity contribution in [2.75, 3.05) is 19.0 Å². The number of methoxy groups -OCH3 is 1. The predicted octanol–water partition coefficient (Wildman–Crippen LogP) is 2.33. The SMILES string of the molecule is COCC(C)Nc1nc(C)cn1-c1ccc(C)nc1. The van der Waals surface area contributed by atoms with Gasteiger partial charge in [-0.05, 0) is 32.9 Å². The average Bonchev–Trinajstić information content (AvgIpc) is 2.71. The molecule has 2 aromatic rings. The van der Waals surface area contributed by atoms with Crippen LogP contribution in [0.5, 0.6) is 0 Å². The molecular weight excluding hydrogens is 240 g/mol. The molecule has 0 radical (unpaired) electrons. The van der Waals surface area contributed by atoms with Crippen LogP contribution in [0.3, 0.4) is 0 Å². The number of rotatable bonds is 5. The van der Waals surface area contributed by atoms with Gasteiger partial charge in [-0.2, -0.15) is 0 Å². The van der Waals surface area contributed by atoms with Crippen LogP contribution in [0.15, 0.2) is 24.5 Å². The quantitative estimate of drug-likeness (QED) is 0.896. The average molecular weight is 260 g/mol. The van der Waals surface area contributed by atoms with Gasteiger partial charge in [0.25, 0.3) is 0 Å². The van der Waals surface area contributed by atoms with Crippen LogP contribution in [0.4, 0.5) is 5.95 Å². The lowest BCUT2D eigenvalue weighted by molar-refractivity contribution is 0.190. The summed E-state index contributed by atoms with van der Waals surface area (Å²) in [7, 11) is 1.69. The summed E-state index contributed by atoms with van der Waals surface area (Å²) in [5.74, 6) is 0.813. The number of imidazole rings is 1. The Bertz CT molecular complexity index is 533. The zero-order valence-corrected chi connectivity index (χ0v) is 11.8. The third-order valence-electron chi connectivity index (χ3n) is 2.79. The Labute approximate surface area is 113 Å². The number of nitrogens with zero attached hydrogens (tertiary/aromatic N) is 3. The van der Waals surface area contributed by atoms with E-state index >= 15 is 0 Å². The molecule has 2 rings (SSSR count). The first-order valence-corrected chi connectivity index (χ1v) is 6.34. The summed E-state index contributed by atoms with van der Waals surface area (Å²) in [4.78, 5) is 8.82. The van der Waals surface area contributed by atoms with Crippen LogP contribution in [0.25, 0.3) is 5.69 Å². The van der Waals surface area contributed by atoms with E-state index in [1.807, 2.05) is 42.9 Å². The van der Waals surface area contributed by atoms with Crippen molar-refractivity contribution in [3.05, 3.63) is 35.9 Å². The molecule has 0 saturated heterocycles. The van der Waals surface area contributed by atoms with Crippen LogP contribution >= 0.6 is 0 Å². The third-order valence-corrected chi connectivity index (χ3v) is 2.79. The molecule has 1 N–H and O–H groups in total. The van der Waals surface area contributed by atoms with E-state index in [-0.39, 0.29) is 6.04 Å². The molecule has 0 aliphatic heterocycles. The first-order valence-electron chi connectivity index (χ1n) is 6.34. The van der Waals surface area contributed by atoms with Crippen LogP contribution in [-0.2, 0) is 4.74 Å². The Hall–Kier alpha value is -1.88. The Morgan fingerprint density at radius 1 is 1.32 bits per heavy atom. The zero-order valence-electron chi connectivity index (χ0n) is 11.8. The Balaban J connectivity index is 2.27. The monoisotopic (exact) mass is 260 g/mol. The molecule has 5 nitrogen and oxygen atoms in total. The summed E-state index contributed by atoms with van der Waals surface area (Å²) in [6.45, 7) is 6.65. The molecule has 19 heavy (non-hydrogen) atoms. The highest BCUT2D eigenvalue weighted by Crippen LogP contribution is 2.16. The molecule has 0 aromatic carbocycles. The van der Waals surface area contributed by atoms with Crippen molar-refractivity contribution in [3.8, 4) is 5.69 Å². The maximum Gasteiger partial charge on any atom is 0.208 e. The van der Waals surface area contributed by atoms with Gasteiger partial charge in [-0.15, -0.1) is 0 Å². The van der Waals surface area contributed by atoms with Gasteiger partial charge in [-0.25, -0.2) is 4.98 Å². The minimum atomic E-state index is 0.198. The molecule has 2 heterocycles. The highest BCUT2D eigenvalue weighted by molar-refractivity contribution is 5.42. The van der Waals surface area contributed by atoms with Crippen molar-refractivity contribution in [1.29, 1.82) is 0 Å². The van der Waals surface area contributed by atoms with Crippen molar-refractivity contribution in [2.24, 2.45) is 0 Å². The van der Waals surface area contributed by atoms with Crippen molar-refractivity contribution in [2.45, 2.75) is 26.8 Å². The van der Waals surface area contributed by atoms with E-state index in [2.05, 4.69) is 22.2 Å². The highest BCUT2D eigenvalue weighted by atomic mass is 16.5. The number of nitrogens with one attached hydrogen (secondary N) is 1. The second-order valence-corrected chi connectivity index (χ2v) is 4.73. The summed E-state index contributed by atoms with van der Waals surface area (Å²) in [6, 6.07) is 4.23. The summed E-state index contributed by atoms with van der Waals surface area (Å²) < 4.78 is 7.14. The van der Waals surface area contributed by atoms with Crippen LogP contribution in [-0.4, -0.2) is 34.3 Å². The van der Waals surface area contributed by atoms with Gasteiger partial charge in [0.2, 0.25) is 5.95 Å². The first-order chi connectivity index (χ1) is 9.10. The molecule has 1 unspecified atom stereocenters. The lowest BCUT2D eigenvalue weighted by Crippen LogP contribution is -2.22. The minimum Gasteiger partial charge on any atom is -0.383 e. The van der Waals surface area contributed by atoms with Gasteiger partial charge in [0.05, 0.1) is 24.2 Å². The van der Waals surface area contributed by atoms with E-state index in [9.17, 15) is 0 Å². The summed E-state index contributed by atoms with van der Waals surface area (Å²) in [5, 5.41) is 3.34. The van der Waals surface area contributed by atoms with Gasteiger partial charge in [-0.3, -0.25) is 9.55 Å².